The van der Waals surface area contributed by atoms with Crippen LogP contribution < -0.4 is 16.0 Å². The highest BCUT2D eigenvalue weighted by atomic mass is 32.2. The third kappa shape index (κ3) is 6.62. The van der Waals surface area contributed by atoms with Crippen LogP contribution in [-0.2, 0) is 5.75 Å². The first kappa shape index (κ1) is 16.6. The van der Waals surface area contributed by atoms with Crippen LogP contribution in [0.3, 0.4) is 0 Å². The zero-order chi connectivity index (χ0) is 14.8. The molecule has 9 heteroatoms. The summed E-state index contributed by atoms with van der Waals surface area (Å²) in [6.07, 6.45) is 0.952. The molecule has 0 aliphatic carbocycles. The van der Waals surface area contributed by atoms with Gasteiger partial charge < -0.3 is 16.0 Å². The van der Waals surface area contributed by atoms with Crippen molar-refractivity contribution in [1.29, 1.82) is 0 Å². The highest BCUT2D eigenvalue weighted by Gasteiger charge is 2.02. The number of thiazole rings is 1. The van der Waals surface area contributed by atoms with Crippen LogP contribution in [0.15, 0.2) is 17.4 Å². The maximum atomic E-state index is 10.4. The summed E-state index contributed by atoms with van der Waals surface area (Å²) in [5, 5.41) is 22.3. The number of rotatable bonds is 10. The van der Waals surface area contributed by atoms with Crippen molar-refractivity contribution in [2.24, 2.45) is 0 Å². The maximum absolute atomic E-state index is 10.4. The standard InChI is InChI=1S/C11H19N5O2S2/c1-3-13-10(6-16(17)18)14-4-5-19-7-9-8-20-11(12-2)15-9/h6,8,13-14H,3-5,7H2,1-2H3,(H,12,15). The molecule has 0 saturated carbocycles. The van der Waals surface area contributed by atoms with E-state index in [1.165, 1.54) is 0 Å². The molecule has 0 aliphatic heterocycles. The predicted molar refractivity (Wildman–Crippen MR) is 84.6 cm³/mol. The second kappa shape index (κ2) is 9.43. The van der Waals surface area contributed by atoms with Crippen molar-refractivity contribution in [3.63, 3.8) is 0 Å². The lowest BCUT2D eigenvalue weighted by molar-refractivity contribution is -0.404. The van der Waals surface area contributed by atoms with Crippen LogP contribution in [0.1, 0.15) is 12.6 Å². The van der Waals surface area contributed by atoms with Crippen molar-refractivity contribution in [2.45, 2.75) is 12.7 Å². The van der Waals surface area contributed by atoms with Crippen molar-refractivity contribution in [2.75, 3.05) is 31.2 Å². The molecule has 0 saturated heterocycles. The second-order valence-electron chi connectivity index (χ2n) is 3.73. The fraction of sp³-hybridized carbons (Fsp3) is 0.545. The molecule has 1 rings (SSSR count). The van der Waals surface area contributed by atoms with E-state index in [4.69, 9.17) is 0 Å². The first-order chi connectivity index (χ1) is 9.65. The van der Waals surface area contributed by atoms with Crippen LogP contribution in [0.4, 0.5) is 5.13 Å². The molecule has 1 aromatic heterocycles. The van der Waals surface area contributed by atoms with Gasteiger partial charge in [-0.15, -0.1) is 11.3 Å². The average Bonchev–Trinajstić information content (AvgIpc) is 2.86. The van der Waals surface area contributed by atoms with Crippen molar-refractivity contribution in [3.8, 4) is 0 Å². The normalized spacial score (nSPS) is 11.2. The summed E-state index contributed by atoms with van der Waals surface area (Å²) in [5.74, 6) is 2.14. The van der Waals surface area contributed by atoms with Crippen LogP contribution >= 0.6 is 23.1 Å². The van der Waals surface area contributed by atoms with Gasteiger partial charge in [0.15, 0.2) is 11.0 Å². The lowest BCUT2D eigenvalue weighted by atomic mass is 10.6. The number of nitrogens with zero attached hydrogens (tertiary/aromatic N) is 2. The molecule has 20 heavy (non-hydrogen) atoms. The van der Waals surface area contributed by atoms with Crippen molar-refractivity contribution >= 4 is 28.2 Å². The van der Waals surface area contributed by atoms with Crippen molar-refractivity contribution < 1.29 is 4.92 Å². The van der Waals surface area contributed by atoms with E-state index < -0.39 is 4.92 Å². The second-order valence-corrected chi connectivity index (χ2v) is 5.70. The third-order valence-electron chi connectivity index (χ3n) is 2.18. The summed E-state index contributed by atoms with van der Waals surface area (Å²) in [5.41, 5.74) is 1.05. The minimum Gasteiger partial charge on any atom is -0.367 e. The van der Waals surface area contributed by atoms with E-state index in [1.807, 2.05) is 19.4 Å². The van der Waals surface area contributed by atoms with E-state index in [2.05, 4.69) is 20.9 Å². The Morgan fingerprint density at radius 3 is 3.00 bits per heavy atom. The molecule has 1 aromatic rings. The molecule has 0 unspecified atom stereocenters. The minimum absolute atomic E-state index is 0.448. The fourth-order valence-electron chi connectivity index (χ4n) is 1.37. The monoisotopic (exact) mass is 317 g/mol. The van der Waals surface area contributed by atoms with Crippen molar-refractivity contribution in [3.05, 3.63) is 33.2 Å². The molecule has 0 aliphatic rings. The Balaban J connectivity index is 2.21. The van der Waals surface area contributed by atoms with Gasteiger partial charge in [0.25, 0.3) is 6.20 Å². The molecule has 0 fully saturated rings. The van der Waals surface area contributed by atoms with Crippen LogP contribution in [0, 0.1) is 10.1 Å². The van der Waals surface area contributed by atoms with E-state index in [0.29, 0.717) is 18.9 Å². The number of nitro groups is 1. The van der Waals surface area contributed by atoms with Gasteiger partial charge in [-0.1, -0.05) is 0 Å². The molecule has 0 atom stereocenters. The van der Waals surface area contributed by atoms with Gasteiger partial charge in [-0.25, -0.2) is 4.98 Å². The molecule has 0 amide bonds. The summed E-state index contributed by atoms with van der Waals surface area (Å²) in [6, 6.07) is 0. The number of hydrogen-bond acceptors (Lipinski definition) is 8. The van der Waals surface area contributed by atoms with E-state index in [9.17, 15) is 10.1 Å². The highest BCUT2D eigenvalue weighted by molar-refractivity contribution is 7.98. The fourth-order valence-corrected chi connectivity index (χ4v) is 2.90. The van der Waals surface area contributed by atoms with Crippen LogP contribution in [0.25, 0.3) is 0 Å². The molecule has 0 radical (unpaired) electrons. The minimum atomic E-state index is -0.466. The Hall–Kier alpha value is -1.48. The smallest absolute Gasteiger partial charge is 0.274 e. The summed E-state index contributed by atoms with van der Waals surface area (Å²) in [6.45, 7) is 3.21. The van der Waals surface area contributed by atoms with Gasteiger partial charge >= 0.3 is 0 Å². The van der Waals surface area contributed by atoms with Crippen LogP contribution in [0.5, 0.6) is 0 Å². The Bertz CT molecular complexity index is 450. The molecule has 7 nitrogen and oxygen atoms in total. The Kier molecular flexibility index (Phi) is 7.81. The molecule has 1 heterocycles. The van der Waals surface area contributed by atoms with E-state index in [1.54, 1.807) is 23.1 Å². The summed E-state index contributed by atoms with van der Waals surface area (Å²) >= 11 is 3.32. The SMILES string of the molecule is CCNC(=C[N+](=O)[O-])NCCSCc1csc(NC)n1. The zero-order valence-electron chi connectivity index (χ0n) is 11.5. The van der Waals surface area contributed by atoms with Gasteiger partial charge in [0.1, 0.15) is 0 Å². The molecular weight excluding hydrogens is 298 g/mol. The van der Waals surface area contributed by atoms with Gasteiger partial charge in [0.05, 0.1) is 10.6 Å². The van der Waals surface area contributed by atoms with E-state index >= 15 is 0 Å². The van der Waals surface area contributed by atoms with Gasteiger partial charge in [0, 0.05) is 37.0 Å². The van der Waals surface area contributed by atoms with Crippen LogP contribution in [0.2, 0.25) is 0 Å². The van der Waals surface area contributed by atoms with Gasteiger partial charge in [0.2, 0.25) is 0 Å². The van der Waals surface area contributed by atoms with Gasteiger partial charge in [-0.3, -0.25) is 10.1 Å². The number of thioether (sulfide) groups is 1. The van der Waals surface area contributed by atoms with Gasteiger partial charge in [-0.2, -0.15) is 11.8 Å². The number of aromatic nitrogens is 1. The Morgan fingerprint density at radius 2 is 2.40 bits per heavy atom. The first-order valence-corrected chi connectivity index (χ1v) is 8.22. The van der Waals surface area contributed by atoms with Crippen molar-refractivity contribution in [1.82, 2.24) is 15.6 Å². The molecule has 0 bridgehead atoms. The summed E-state index contributed by atoms with van der Waals surface area (Å²) < 4.78 is 0. The zero-order valence-corrected chi connectivity index (χ0v) is 13.1. The Labute approximate surface area is 126 Å². The highest BCUT2D eigenvalue weighted by Crippen LogP contribution is 2.18. The molecule has 3 N–H and O–H groups in total. The number of hydrogen-bond donors (Lipinski definition) is 3. The molecule has 0 spiro atoms. The number of anilines is 1. The predicted octanol–water partition coefficient (Wildman–Crippen LogP) is 1.69. The average molecular weight is 317 g/mol. The molecule has 112 valence electrons. The summed E-state index contributed by atoms with van der Waals surface area (Å²) in [4.78, 5) is 14.3. The number of nitrogens with one attached hydrogen (secondary N) is 3. The molecule has 0 aromatic carbocycles. The first-order valence-electron chi connectivity index (χ1n) is 6.18. The lowest BCUT2D eigenvalue weighted by Crippen LogP contribution is -2.28. The Morgan fingerprint density at radius 1 is 1.60 bits per heavy atom. The third-order valence-corrected chi connectivity index (χ3v) is 4.08. The topological polar surface area (TPSA) is 92.1 Å². The quantitative estimate of drug-likeness (QED) is 0.343. The summed E-state index contributed by atoms with van der Waals surface area (Å²) in [7, 11) is 1.85. The van der Waals surface area contributed by atoms with E-state index in [-0.39, 0.29) is 0 Å². The molecular formula is C11H19N5O2S2. The lowest BCUT2D eigenvalue weighted by Gasteiger charge is -2.09. The largest absolute Gasteiger partial charge is 0.367 e. The van der Waals surface area contributed by atoms with Gasteiger partial charge in [-0.05, 0) is 6.92 Å². The van der Waals surface area contributed by atoms with Crippen LogP contribution in [-0.4, -0.2) is 35.8 Å². The maximum Gasteiger partial charge on any atom is 0.274 e. The van der Waals surface area contributed by atoms with E-state index in [0.717, 1.165) is 28.5 Å².